The molecule has 1 heterocycles. The highest BCUT2D eigenvalue weighted by Crippen LogP contribution is 2.37. The SMILES string of the molecule is CC(CNC(=O)C1(C)CCCC1)N1CCc2ccccc2C1. The van der Waals surface area contributed by atoms with Gasteiger partial charge in [0.25, 0.3) is 0 Å². The van der Waals surface area contributed by atoms with Crippen LogP contribution in [0.5, 0.6) is 0 Å². The molecule has 1 aliphatic carbocycles. The van der Waals surface area contributed by atoms with Gasteiger partial charge in [0, 0.05) is 31.1 Å². The zero-order valence-electron chi connectivity index (χ0n) is 13.9. The highest BCUT2D eigenvalue weighted by Gasteiger charge is 2.36. The topological polar surface area (TPSA) is 32.3 Å². The number of amides is 1. The van der Waals surface area contributed by atoms with Gasteiger partial charge in [0.2, 0.25) is 5.91 Å². The van der Waals surface area contributed by atoms with Crippen molar-refractivity contribution < 1.29 is 4.79 Å². The number of hydrogen-bond donors (Lipinski definition) is 1. The molecule has 0 aromatic heterocycles. The van der Waals surface area contributed by atoms with Crippen LogP contribution in [0.25, 0.3) is 0 Å². The molecule has 22 heavy (non-hydrogen) atoms. The highest BCUT2D eigenvalue weighted by molar-refractivity contribution is 5.82. The lowest BCUT2D eigenvalue weighted by molar-refractivity contribution is -0.130. The van der Waals surface area contributed by atoms with Gasteiger partial charge in [-0.15, -0.1) is 0 Å². The van der Waals surface area contributed by atoms with Crippen molar-refractivity contribution in [2.45, 2.75) is 58.5 Å². The third-order valence-corrected chi connectivity index (χ3v) is 5.60. The quantitative estimate of drug-likeness (QED) is 0.926. The average molecular weight is 300 g/mol. The van der Waals surface area contributed by atoms with Crippen molar-refractivity contribution in [2.75, 3.05) is 13.1 Å². The molecule has 0 bridgehead atoms. The third-order valence-electron chi connectivity index (χ3n) is 5.60. The first-order valence-corrected chi connectivity index (χ1v) is 8.68. The molecule has 1 aromatic rings. The lowest BCUT2D eigenvalue weighted by Crippen LogP contribution is -2.47. The number of rotatable bonds is 4. The number of fused-ring (bicyclic) bond motifs is 1. The van der Waals surface area contributed by atoms with Gasteiger partial charge < -0.3 is 5.32 Å². The van der Waals surface area contributed by atoms with E-state index in [-0.39, 0.29) is 11.3 Å². The van der Waals surface area contributed by atoms with Crippen molar-refractivity contribution in [3.63, 3.8) is 0 Å². The van der Waals surface area contributed by atoms with E-state index in [1.54, 1.807) is 0 Å². The van der Waals surface area contributed by atoms with Gasteiger partial charge in [-0.05, 0) is 37.3 Å². The Morgan fingerprint density at radius 2 is 1.95 bits per heavy atom. The molecule has 3 heteroatoms. The van der Waals surface area contributed by atoms with Crippen LogP contribution in [0.3, 0.4) is 0 Å². The van der Waals surface area contributed by atoms with Crippen molar-refractivity contribution in [1.82, 2.24) is 10.2 Å². The Kier molecular flexibility index (Phi) is 4.53. The zero-order chi connectivity index (χ0) is 15.6. The summed E-state index contributed by atoms with van der Waals surface area (Å²) in [5.74, 6) is 0.259. The Bertz CT molecular complexity index is 534. The number of carbonyl (C=O) groups is 1. The van der Waals surface area contributed by atoms with E-state index in [0.717, 1.165) is 38.9 Å². The Morgan fingerprint density at radius 1 is 1.27 bits per heavy atom. The lowest BCUT2D eigenvalue weighted by atomic mass is 9.88. The normalized spacial score (nSPS) is 22.1. The summed E-state index contributed by atoms with van der Waals surface area (Å²) >= 11 is 0. The van der Waals surface area contributed by atoms with Crippen LogP contribution in [0.15, 0.2) is 24.3 Å². The Hall–Kier alpha value is -1.35. The van der Waals surface area contributed by atoms with E-state index in [1.807, 2.05) is 0 Å². The van der Waals surface area contributed by atoms with Crippen molar-refractivity contribution in [1.29, 1.82) is 0 Å². The monoisotopic (exact) mass is 300 g/mol. The number of benzene rings is 1. The summed E-state index contributed by atoms with van der Waals surface area (Å²) in [5.41, 5.74) is 2.80. The summed E-state index contributed by atoms with van der Waals surface area (Å²) in [7, 11) is 0. The molecular formula is C19H28N2O. The van der Waals surface area contributed by atoms with Crippen LogP contribution < -0.4 is 5.32 Å². The molecule has 1 unspecified atom stereocenters. The van der Waals surface area contributed by atoms with E-state index in [4.69, 9.17) is 0 Å². The minimum absolute atomic E-state index is 0.117. The molecule has 1 aromatic carbocycles. The van der Waals surface area contributed by atoms with E-state index in [9.17, 15) is 4.79 Å². The third kappa shape index (κ3) is 3.19. The average Bonchev–Trinajstić information content (AvgIpc) is 2.99. The molecule has 2 aliphatic rings. The van der Waals surface area contributed by atoms with Gasteiger partial charge in [-0.25, -0.2) is 0 Å². The first kappa shape index (κ1) is 15.5. The Morgan fingerprint density at radius 3 is 2.68 bits per heavy atom. The molecular weight excluding hydrogens is 272 g/mol. The smallest absolute Gasteiger partial charge is 0.225 e. The summed E-state index contributed by atoms with van der Waals surface area (Å²) in [5, 5.41) is 3.21. The van der Waals surface area contributed by atoms with Crippen molar-refractivity contribution >= 4 is 5.91 Å². The molecule has 0 saturated heterocycles. The first-order valence-electron chi connectivity index (χ1n) is 8.68. The van der Waals surface area contributed by atoms with E-state index < -0.39 is 0 Å². The fourth-order valence-electron chi connectivity index (χ4n) is 3.86. The Balaban J connectivity index is 1.53. The van der Waals surface area contributed by atoms with Crippen LogP contribution in [0.1, 0.15) is 50.7 Å². The van der Waals surface area contributed by atoms with E-state index in [1.165, 1.54) is 24.0 Å². The van der Waals surface area contributed by atoms with Crippen LogP contribution in [-0.4, -0.2) is 29.9 Å². The van der Waals surface area contributed by atoms with Gasteiger partial charge in [0.05, 0.1) is 0 Å². The predicted octanol–water partition coefficient (Wildman–Crippen LogP) is 3.13. The molecule has 1 amide bonds. The molecule has 0 radical (unpaired) electrons. The van der Waals surface area contributed by atoms with E-state index in [2.05, 4.69) is 48.3 Å². The molecule has 3 nitrogen and oxygen atoms in total. The van der Waals surface area contributed by atoms with Gasteiger partial charge in [-0.2, -0.15) is 0 Å². The van der Waals surface area contributed by atoms with Crippen molar-refractivity contribution in [3.8, 4) is 0 Å². The van der Waals surface area contributed by atoms with E-state index in [0.29, 0.717) is 6.04 Å². The highest BCUT2D eigenvalue weighted by atomic mass is 16.2. The number of hydrogen-bond acceptors (Lipinski definition) is 2. The van der Waals surface area contributed by atoms with E-state index >= 15 is 0 Å². The summed E-state index contributed by atoms with van der Waals surface area (Å²) in [6.45, 7) is 7.20. The number of nitrogens with zero attached hydrogens (tertiary/aromatic N) is 1. The Labute approximate surface area is 134 Å². The molecule has 3 rings (SSSR count). The number of carbonyl (C=O) groups excluding carboxylic acids is 1. The second kappa shape index (κ2) is 6.41. The minimum Gasteiger partial charge on any atom is -0.354 e. The van der Waals surface area contributed by atoms with Crippen LogP contribution in [0.4, 0.5) is 0 Å². The van der Waals surface area contributed by atoms with Crippen molar-refractivity contribution in [2.24, 2.45) is 5.41 Å². The fraction of sp³-hybridized carbons (Fsp3) is 0.632. The fourth-order valence-corrected chi connectivity index (χ4v) is 3.86. The summed E-state index contributed by atoms with van der Waals surface area (Å²) in [6.07, 6.45) is 5.60. The maximum absolute atomic E-state index is 12.4. The van der Waals surface area contributed by atoms with Gasteiger partial charge in [0.1, 0.15) is 0 Å². The van der Waals surface area contributed by atoms with Crippen LogP contribution in [0.2, 0.25) is 0 Å². The maximum atomic E-state index is 12.4. The van der Waals surface area contributed by atoms with Gasteiger partial charge in [-0.1, -0.05) is 44.0 Å². The lowest BCUT2D eigenvalue weighted by Gasteiger charge is -2.34. The summed E-state index contributed by atoms with van der Waals surface area (Å²) in [6, 6.07) is 9.10. The molecule has 0 spiro atoms. The molecule has 1 N–H and O–H groups in total. The number of nitrogens with one attached hydrogen (secondary N) is 1. The van der Waals surface area contributed by atoms with Gasteiger partial charge in [0.15, 0.2) is 0 Å². The minimum atomic E-state index is -0.117. The van der Waals surface area contributed by atoms with Gasteiger partial charge >= 0.3 is 0 Å². The van der Waals surface area contributed by atoms with Crippen LogP contribution in [-0.2, 0) is 17.8 Å². The second-order valence-corrected chi connectivity index (χ2v) is 7.32. The molecule has 1 saturated carbocycles. The summed E-state index contributed by atoms with van der Waals surface area (Å²) in [4.78, 5) is 14.9. The van der Waals surface area contributed by atoms with Crippen LogP contribution in [0, 0.1) is 5.41 Å². The van der Waals surface area contributed by atoms with Crippen LogP contribution >= 0.6 is 0 Å². The largest absolute Gasteiger partial charge is 0.354 e. The zero-order valence-corrected chi connectivity index (χ0v) is 13.9. The van der Waals surface area contributed by atoms with Crippen molar-refractivity contribution in [3.05, 3.63) is 35.4 Å². The second-order valence-electron chi connectivity index (χ2n) is 7.32. The predicted molar refractivity (Wildman–Crippen MR) is 89.6 cm³/mol. The molecule has 1 atom stereocenters. The molecule has 1 aliphatic heterocycles. The summed E-state index contributed by atoms with van der Waals surface area (Å²) < 4.78 is 0. The first-order chi connectivity index (χ1) is 10.6. The maximum Gasteiger partial charge on any atom is 0.225 e. The van der Waals surface area contributed by atoms with Gasteiger partial charge in [-0.3, -0.25) is 9.69 Å². The molecule has 120 valence electrons. The molecule has 1 fully saturated rings. The standard InChI is InChI=1S/C19H28N2O/c1-15(13-20-18(22)19(2)10-5-6-11-19)21-12-9-16-7-3-4-8-17(16)14-21/h3-4,7-8,15H,5-6,9-14H2,1-2H3,(H,20,22).